The van der Waals surface area contributed by atoms with Gasteiger partial charge in [0, 0.05) is 13.2 Å². The molecule has 84 valence electrons. The second-order valence-corrected chi connectivity index (χ2v) is 4.86. The molecule has 2 nitrogen and oxygen atoms in total. The predicted octanol–water partition coefficient (Wildman–Crippen LogP) is 2.58. The van der Waals surface area contributed by atoms with E-state index in [0.29, 0.717) is 12.1 Å². The van der Waals surface area contributed by atoms with Crippen LogP contribution in [0.2, 0.25) is 0 Å². The van der Waals surface area contributed by atoms with E-state index in [0.717, 1.165) is 5.92 Å². The Morgan fingerprint density at radius 1 is 1.36 bits per heavy atom. The monoisotopic (exact) mass is 199 g/mol. The number of rotatable bonds is 5. The summed E-state index contributed by atoms with van der Waals surface area (Å²) in [7, 11) is 1.83. The highest BCUT2D eigenvalue weighted by Gasteiger charge is 2.20. The molecular weight excluding hydrogens is 174 g/mol. The van der Waals surface area contributed by atoms with Crippen molar-refractivity contribution < 1.29 is 4.74 Å². The molecule has 0 aromatic rings. The van der Waals surface area contributed by atoms with Gasteiger partial charge >= 0.3 is 0 Å². The smallest absolute Gasteiger partial charge is 0.0586 e. The molecule has 0 bridgehead atoms. The van der Waals surface area contributed by atoms with Gasteiger partial charge in [-0.3, -0.25) is 0 Å². The minimum atomic E-state index is 0.500. The fraction of sp³-hybridized carbons (Fsp3) is 1.00. The normalized spacial score (nSPS) is 28.3. The molecular formula is C12H25NO. The first-order chi connectivity index (χ1) is 6.72. The van der Waals surface area contributed by atoms with Crippen LogP contribution in [-0.4, -0.2) is 25.8 Å². The molecule has 2 atom stereocenters. The molecule has 0 saturated heterocycles. The van der Waals surface area contributed by atoms with Crippen LogP contribution in [0.1, 0.15) is 46.0 Å². The third-order valence-electron chi connectivity index (χ3n) is 3.11. The van der Waals surface area contributed by atoms with E-state index in [9.17, 15) is 0 Å². The van der Waals surface area contributed by atoms with Gasteiger partial charge < -0.3 is 10.1 Å². The van der Waals surface area contributed by atoms with E-state index < -0.39 is 0 Å². The second kappa shape index (κ2) is 6.41. The summed E-state index contributed by atoms with van der Waals surface area (Å²) < 4.78 is 5.41. The van der Waals surface area contributed by atoms with Gasteiger partial charge in [0.25, 0.3) is 0 Å². The Kier molecular flexibility index (Phi) is 5.49. The molecule has 0 aromatic heterocycles. The quantitative estimate of drug-likeness (QED) is 0.735. The topological polar surface area (TPSA) is 21.3 Å². The molecule has 1 saturated carbocycles. The Bertz CT molecular complexity index is 147. The summed E-state index contributed by atoms with van der Waals surface area (Å²) in [6.45, 7) is 5.72. The van der Waals surface area contributed by atoms with Gasteiger partial charge in [0.15, 0.2) is 0 Å². The Hall–Kier alpha value is -0.0800. The van der Waals surface area contributed by atoms with Crippen molar-refractivity contribution >= 4 is 0 Å². The second-order valence-electron chi connectivity index (χ2n) is 4.86. The van der Waals surface area contributed by atoms with Crippen LogP contribution in [0.25, 0.3) is 0 Å². The minimum Gasteiger partial charge on any atom is -0.381 e. The number of ether oxygens (including phenoxy) is 1. The molecule has 0 amide bonds. The first kappa shape index (κ1) is 12.0. The summed E-state index contributed by atoms with van der Waals surface area (Å²) in [6.07, 6.45) is 6.89. The summed E-state index contributed by atoms with van der Waals surface area (Å²) in [6, 6.07) is 0.701. The maximum Gasteiger partial charge on any atom is 0.0586 e. The summed E-state index contributed by atoms with van der Waals surface area (Å²) in [4.78, 5) is 0. The van der Waals surface area contributed by atoms with E-state index in [4.69, 9.17) is 4.74 Å². The Balaban J connectivity index is 2.11. The van der Waals surface area contributed by atoms with Crippen molar-refractivity contribution in [3.63, 3.8) is 0 Å². The summed E-state index contributed by atoms with van der Waals surface area (Å²) in [5.74, 6) is 0.810. The summed E-state index contributed by atoms with van der Waals surface area (Å²) in [5.41, 5.74) is 0. The lowest BCUT2D eigenvalue weighted by molar-refractivity contribution is 0.0588. The van der Waals surface area contributed by atoms with E-state index in [1.165, 1.54) is 38.6 Å². The lowest BCUT2D eigenvalue weighted by atomic mass is 9.92. The van der Waals surface area contributed by atoms with Gasteiger partial charge in [-0.05, 0) is 44.6 Å². The van der Waals surface area contributed by atoms with E-state index in [2.05, 4.69) is 19.2 Å². The van der Waals surface area contributed by atoms with Crippen LogP contribution in [0.4, 0.5) is 0 Å². The van der Waals surface area contributed by atoms with Crippen molar-refractivity contribution in [2.45, 2.75) is 58.1 Å². The third kappa shape index (κ3) is 4.43. The van der Waals surface area contributed by atoms with Crippen molar-refractivity contribution in [2.75, 3.05) is 13.7 Å². The van der Waals surface area contributed by atoms with Gasteiger partial charge in [-0.15, -0.1) is 0 Å². The molecule has 0 aliphatic heterocycles. The molecule has 0 radical (unpaired) electrons. The van der Waals surface area contributed by atoms with E-state index >= 15 is 0 Å². The van der Waals surface area contributed by atoms with Crippen LogP contribution in [-0.2, 0) is 4.74 Å². The lowest BCUT2D eigenvalue weighted by Gasteiger charge is -2.29. The zero-order valence-corrected chi connectivity index (χ0v) is 9.88. The number of nitrogens with one attached hydrogen (secondary N) is 1. The third-order valence-corrected chi connectivity index (χ3v) is 3.11. The van der Waals surface area contributed by atoms with Crippen molar-refractivity contribution in [2.24, 2.45) is 5.92 Å². The molecule has 1 aliphatic carbocycles. The maximum absolute atomic E-state index is 5.41. The fourth-order valence-corrected chi connectivity index (χ4v) is 2.12. The molecule has 1 fully saturated rings. The molecule has 0 aromatic carbocycles. The highest BCUT2D eigenvalue weighted by molar-refractivity contribution is 4.78. The number of hydrogen-bond donors (Lipinski definition) is 1. The zero-order chi connectivity index (χ0) is 10.4. The first-order valence-corrected chi connectivity index (χ1v) is 5.98. The van der Waals surface area contributed by atoms with E-state index in [1.54, 1.807) is 0 Å². The van der Waals surface area contributed by atoms with Crippen molar-refractivity contribution in [1.29, 1.82) is 0 Å². The summed E-state index contributed by atoms with van der Waals surface area (Å²) in [5, 5.41) is 3.64. The van der Waals surface area contributed by atoms with Gasteiger partial charge in [-0.25, -0.2) is 0 Å². The van der Waals surface area contributed by atoms with E-state index in [-0.39, 0.29) is 0 Å². The maximum atomic E-state index is 5.41. The fourth-order valence-electron chi connectivity index (χ4n) is 2.12. The highest BCUT2D eigenvalue weighted by atomic mass is 16.5. The van der Waals surface area contributed by atoms with Gasteiger partial charge in [-0.2, -0.15) is 0 Å². The lowest BCUT2D eigenvalue weighted by Crippen LogP contribution is -2.37. The van der Waals surface area contributed by atoms with Crippen molar-refractivity contribution in [3.05, 3.63) is 0 Å². The molecule has 0 spiro atoms. The standard InChI is InChI=1S/C12H25NO/c1-10(2)7-8-13-11-5-4-6-12(9-11)14-3/h10-13H,4-9H2,1-3H3. The molecule has 2 heteroatoms. The van der Waals surface area contributed by atoms with Gasteiger partial charge in [0.2, 0.25) is 0 Å². The first-order valence-electron chi connectivity index (χ1n) is 5.98. The molecule has 2 unspecified atom stereocenters. The van der Waals surface area contributed by atoms with Gasteiger partial charge in [0.1, 0.15) is 0 Å². The van der Waals surface area contributed by atoms with Crippen LogP contribution < -0.4 is 5.32 Å². The average Bonchev–Trinajstić information content (AvgIpc) is 2.18. The van der Waals surface area contributed by atoms with E-state index in [1.807, 2.05) is 7.11 Å². The summed E-state index contributed by atoms with van der Waals surface area (Å²) >= 11 is 0. The van der Waals surface area contributed by atoms with Gasteiger partial charge in [0.05, 0.1) is 6.10 Å². The van der Waals surface area contributed by atoms with Crippen molar-refractivity contribution in [1.82, 2.24) is 5.32 Å². The molecule has 1 N–H and O–H groups in total. The molecule has 14 heavy (non-hydrogen) atoms. The highest BCUT2D eigenvalue weighted by Crippen LogP contribution is 2.20. The largest absolute Gasteiger partial charge is 0.381 e. The number of hydrogen-bond acceptors (Lipinski definition) is 2. The van der Waals surface area contributed by atoms with Crippen molar-refractivity contribution in [3.8, 4) is 0 Å². The Labute approximate surface area is 88.4 Å². The predicted molar refractivity (Wildman–Crippen MR) is 60.5 cm³/mol. The molecule has 0 heterocycles. The van der Waals surface area contributed by atoms with Crippen LogP contribution >= 0.6 is 0 Å². The van der Waals surface area contributed by atoms with Crippen LogP contribution in [0, 0.1) is 5.92 Å². The minimum absolute atomic E-state index is 0.500. The SMILES string of the molecule is COC1CCCC(NCCC(C)C)C1. The Morgan fingerprint density at radius 3 is 2.79 bits per heavy atom. The zero-order valence-electron chi connectivity index (χ0n) is 9.88. The Morgan fingerprint density at radius 2 is 2.14 bits per heavy atom. The van der Waals surface area contributed by atoms with Crippen LogP contribution in [0.3, 0.4) is 0 Å². The number of methoxy groups -OCH3 is 1. The average molecular weight is 199 g/mol. The van der Waals surface area contributed by atoms with Crippen LogP contribution in [0.5, 0.6) is 0 Å². The van der Waals surface area contributed by atoms with Crippen LogP contribution in [0.15, 0.2) is 0 Å². The van der Waals surface area contributed by atoms with Gasteiger partial charge in [-0.1, -0.05) is 13.8 Å². The molecule has 1 aliphatic rings. The molecule has 1 rings (SSSR count).